The highest BCUT2D eigenvalue weighted by molar-refractivity contribution is 6.39. The van der Waals surface area contributed by atoms with Crippen LogP contribution in [0.5, 0.6) is 0 Å². The Bertz CT molecular complexity index is 490. The van der Waals surface area contributed by atoms with Crippen LogP contribution in [0.2, 0.25) is 0 Å². The van der Waals surface area contributed by atoms with E-state index in [0.29, 0.717) is 12.1 Å². The Morgan fingerprint density at radius 2 is 1.89 bits per heavy atom. The Labute approximate surface area is 112 Å². The molecule has 0 radical (unpaired) electrons. The fourth-order valence-electron chi connectivity index (χ4n) is 2.00. The van der Waals surface area contributed by atoms with Crippen molar-refractivity contribution in [3.8, 4) is 0 Å². The van der Waals surface area contributed by atoms with E-state index in [-0.39, 0.29) is 13.1 Å². The molecule has 0 saturated carbocycles. The van der Waals surface area contributed by atoms with Crippen molar-refractivity contribution < 1.29 is 14.7 Å². The van der Waals surface area contributed by atoms with Gasteiger partial charge in [-0.1, -0.05) is 24.6 Å². The second-order valence-electron chi connectivity index (χ2n) is 5.06. The van der Waals surface area contributed by atoms with Crippen LogP contribution in [0, 0.1) is 6.92 Å². The predicted octanol–water partition coefficient (Wildman–Crippen LogP) is 0.917. The smallest absolute Gasteiger partial charge is 0.313 e. The zero-order valence-electron chi connectivity index (χ0n) is 11.1. The van der Waals surface area contributed by atoms with Crippen LogP contribution in [0.1, 0.15) is 18.9 Å². The number of hydrogen-bond acceptors (Lipinski definition) is 3. The van der Waals surface area contributed by atoms with E-state index in [2.05, 4.69) is 5.32 Å². The quantitative estimate of drug-likeness (QED) is 0.779. The minimum atomic E-state index is -0.820. The van der Waals surface area contributed by atoms with Gasteiger partial charge in [-0.05, 0) is 25.5 Å². The maximum atomic E-state index is 11.8. The molecule has 0 spiro atoms. The predicted molar refractivity (Wildman–Crippen MR) is 71.6 cm³/mol. The summed E-state index contributed by atoms with van der Waals surface area (Å²) in [5.41, 5.74) is 0.857. The van der Waals surface area contributed by atoms with E-state index in [1.165, 1.54) is 4.90 Å². The van der Waals surface area contributed by atoms with Crippen LogP contribution in [0.25, 0.3) is 0 Å². The molecule has 1 fully saturated rings. The summed E-state index contributed by atoms with van der Waals surface area (Å²) >= 11 is 0. The first-order chi connectivity index (χ1) is 8.93. The van der Waals surface area contributed by atoms with Crippen LogP contribution in [0.4, 0.5) is 5.69 Å². The molecule has 1 heterocycles. The van der Waals surface area contributed by atoms with Gasteiger partial charge in [0.2, 0.25) is 0 Å². The average molecular weight is 262 g/mol. The molecule has 5 heteroatoms. The molecule has 102 valence electrons. The third kappa shape index (κ3) is 2.93. The van der Waals surface area contributed by atoms with Crippen molar-refractivity contribution in [2.75, 3.05) is 18.4 Å². The third-order valence-corrected chi connectivity index (χ3v) is 3.42. The molecule has 1 aromatic rings. The Kier molecular flexibility index (Phi) is 3.57. The van der Waals surface area contributed by atoms with Crippen molar-refractivity contribution in [1.82, 2.24) is 4.90 Å². The van der Waals surface area contributed by atoms with Crippen LogP contribution in [-0.2, 0) is 9.59 Å². The van der Waals surface area contributed by atoms with Crippen molar-refractivity contribution >= 4 is 17.5 Å². The van der Waals surface area contributed by atoms with Crippen molar-refractivity contribution in [1.29, 1.82) is 0 Å². The summed E-state index contributed by atoms with van der Waals surface area (Å²) in [4.78, 5) is 24.9. The molecule has 1 saturated heterocycles. The molecule has 2 N–H and O–H groups in total. The van der Waals surface area contributed by atoms with Crippen molar-refractivity contribution in [3.63, 3.8) is 0 Å². The SMILES string of the molecule is CCC1(O)CN(C(=O)C(=O)Nc2ccc(C)cc2)C1. The fraction of sp³-hybridized carbons (Fsp3) is 0.429. The monoisotopic (exact) mass is 262 g/mol. The molecule has 0 aromatic heterocycles. The molecule has 2 amide bonds. The Balaban J connectivity index is 1.91. The van der Waals surface area contributed by atoms with Crippen molar-refractivity contribution in [3.05, 3.63) is 29.8 Å². The molecule has 0 unspecified atom stereocenters. The van der Waals surface area contributed by atoms with Crippen molar-refractivity contribution in [2.45, 2.75) is 25.9 Å². The highest BCUT2D eigenvalue weighted by atomic mass is 16.3. The average Bonchev–Trinajstić information content (AvgIpc) is 2.37. The van der Waals surface area contributed by atoms with E-state index in [9.17, 15) is 14.7 Å². The highest BCUT2D eigenvalue weighted by Crippen LogP contribution is 2.24. The first kappa shape index (κ1) is 13.5. The lowest BCUT2D eigenvalue weighted by Gasteiger charge is -2.45. The third-order valence-electron chi connectivity index (χ3n) is 3.42. The van der Waals surface area contributed by atoms with Gasteiger partial charge < -0.3 is 15.3 Å². The van der Waals surface area contributed by atoms with Gasteiger partial charge in [-0.2, -0.15) is 0 Å². The van der Waals surface area contributed by atoms with E-state index in [1.807, 2.05) is 26.0 Å². The van der Waals surface area contributed by atoms with E-state index < -0.39 is 17.4 Å². The molecule has 0 aliphatic carbocycles. The molecule has 2 rings (SSSR count). The zero-order chi connectivity index (χ0) is 14.0. The number of aryl methyl sites for hydroxylation is 1. The summed E-state index contributed by atoms with van der Waals surface area (Å²) in [5.74, 6) is -1.26. The molecule has 1 aliphatic rings. The van der Waals surface area contributed by atoms with Crippen LogP contribution in [0.3, 0.4) is 0 Å². The molecule has 1 aliphatic heterocycles. The van der Waals surface area contributed by atoms with Crippen molar-refractivity contribution in [2.24, 2.45) is 0 Å². The maximum Gasteiger partial charge on any atom is 0.313 e. The summed E-state index contributed by atoms with van der Waals surface area (Å²) in [6.45, 7) is 4.25. The van der Waals surface area contributed by atoms with Gasteiger partial charge in [0.25, 0.3) is 0 Å². The molecule has 5 nitrogen and oxygen atoms in total. The van der Waals surface area contributed by atoms with Gasteiger partial charge in [-0.15, -0.1) is 0 Å². The van der Waals surface area contributed by atoms with Gasteiger partial charge >= 0.3 is 11.8 Å². The number of amides is 2. The number of hydrogen-bond donors (Lipinski definition) is 2. The number of nitrogens with one attached hydrogen (secondary N) is 1. The lowest BCUT2D eigenvalue weighted by molar-refractivity contribution is -0.160. The number of carbonyl (C=O) groups excluding carboxylic acids is 2. The lowest BCUT2D eigenvalue weighted by atomic mass is 9.91. The molecule has 1 aromatic carbocycles. The van der Waals surface area contributed by atoms with E-state index in [4.69, 9.17) is 0 Å². The standard InChI is InChI=1S/C14H18N2O3/c1-3-14(19)8-16(9-14)13(18)12(17)15-11-6-4-10(2)5-7-11/h4-7,19H,3,8-9H2,1-2H3,(H,15,17). The largest absolute Gasteiger partial charge is 0.386 e. The first-order valence-corrected chi connectivity index (χ1v) is 6.33. The minimum Gasteiger partial charge on any atom is -0.386 e. The van der Waals surface area contributed by atoms with Gasteiger partial charge in [0.1, 0.15) is 0 Å². The first-order valence-electron chi connectivity index (χ1n) is 6.33. The molecule has 19 heavy (non-hydrogen) atoms. The summed E-state index contributed by atoms with van der Waals surface area (Å²) in [7, 11) is 0. The van der Waals surface area contributed by atoms with Gasteiger partial charge in [-0.25, -0.2) is 0 Å². The number of benzene rings is 1. The van der Waals surface area contributed by atoms with Crippen LogP contribution in [0.15, 0.2) is 24.3 Å². The number of aliphatic hydroxyl groups is 1. The summed E-state index contributed by atoms with van der Waals surface area (Å²) in [6.07, 6.45) is 0.580. The zero-order valence-corrected chi connectivity index (χ0v) is 11.1. The molecule has 0 bridgehead atoms. The van der Waals surface area contributed by atoms with Gasteiger partial charge in [0.05, 0.1) is 18.7 Å². The number of rotatable bonds is 2. The summed E-state index contributed by atoms with van der Waals surface area (Å²) < 4.78 is 0. The number of nitrogens with zero attached hydrogens (tertiary/aromatic N) is 1. The second kappa shape index (κ2) is 5.01. The molecule has 0 atom stereocenters. The van der Waals surface area contributed by atoms with E-state index in [0.717, 1.165) is 5.56 Å². The number of β-amino-alcohol motifs (C(OH)–C–C–N with tert-alkyl or cyclic N) is 1. The summed E-state index contributed by atoms with van der Waals surface area (Å²) in [6, 6.07) is 7.22. The van der Waals surface area contributed by atoms with Crippen LogP contribution in [-0.4, -0.2) is 40.5 Å². The Morgan fingerprint density at radius 1 is 1.32 bits per heavy atom. The highest BCUT2D eigenvalue weighted by Gasteiger charge is 2.43. The van der Waals surface area contributed by atoms with Crippen LogP contribution >= 0.6 is 0 Å². The topological polar surface area (TPSA) is 69.6 Å². The van der Waals surface area contributed by atoms with Gasteiger partial charge in [0.15, 0.2) is 0 Å². The number of anilines is 1. The lowest BCUT2D eigenvalue weighted by Crippen LogP contribution is -2.64. The second-order valence-corrected chi connectivity index (χ2v) is 5.06. The van der Waals surface area contributed by atoms with Gasteiger partial charge in [0, 0.05) is 5.69 Å². The van der Waals surface area contributed by atoms with E-state index in [1.54, 1.807) is 12.1 Å². The van der Waals surface area contributed by atoms with E-state index >= 15 is 0 Å². The fourth-order valence-corrected chi connectivity index (χ4v) is 2.00. The maximum absolute atomic E-state index is 11.8. The number of likely N-dealkylation sites (tertiary alicyclic amines) is 1. The Morgan fingerprint density at radius 3 is 2.42 bits per heavy atom. The molecular weight excluding hydrogens is 244 g/mol. The van der Waals surface area contributed by atoms with Gasteiger partial charge in [-0.3, -0.25) is 9.59 Å². The number of carbonyl (C=O) groups is 2. The molecular formula is C14H18N2O3. The van der Waals surface area contributed by atoms with Crippen LogP contribution < -0.4 is 5.32 Å². The summed E-state index contributed by atoms with van der Waals surface area (Å²) in [5, 5.41) is 12.4. The minimum absolute atomic E-state index is 0.226. The Hall–Kier alpha value is -1.88. The normalized spacial score (nSPS) is 16.7.